The SMILES string of the molecule is COc1cc([C@@H]2C3=C(C[C@@H](c4ccc(Cl)cc4)CC3=O)N=C(C)C2C(=O)OCC(C)C)cc(Br)c1O. The van der Waals surface area contributed by atoms with Gasteiger partial charge in [0.25, 0.3) is 0 Å². The van der Waals surface area contributed by atoms with Crippen molar-refractivity contribution in [3.05, 3.63) is 68.3 Å². The highest BCUT2D eigenvalue weighted by Crippen LogP contribution is 2.49. The number of benzene rings is 2. The maximum atomic E-state index is 13.7. The number of nitrogens with zero attached hydrogens (tertiary/aromatic N) is 1. The van der Waals surface area contributed by atoms with E-state index in [0.717, 1.165) is 5.56 Å². The number of rotatable bonds is 6. The van der Waals surface area contributed by atoms with Gasteiger partial charge in [-0.05, 0) is 76.5 Å². The Bertz CT molecular complexity index is 1250. The number of phenols is 1. The summed E-state index contributed by atoms with van der Waals surface area (Å²) in [7, 11) is 1.46. The Hall–Kier alpha value is -2.64. The minimum absolute atomic E-state index is 0.0313. The molecular formula is C28H29BrClNO5. The molecule has 1 aliphatic heterocycles. The summed E-state index contributed by atoms with van der Waals surface area (Å²) < 4.78 is 11.4. The number of methoxy groups -OCH3 is 1. The van der Waals surface area contributed by atoms with Crippen LogP contribution in [0.2, 0.25) is 5.02 Å². The second-order valence-electron chi connectivity index (χ2n) is 9.73. The maximum Gasteiger partial charge on any atom is 0.315 e. The van der Waals surface area contributed by atoms with Crippen molar-refractivity contribution >= 4 is 45.0 Å². The second kappa shape index (κ2) is 10.8. The van der Waals surface area contributed by atoms with E-state index < -0.39 is 17.8 Å². The van der Waals surface area contributed by atoms with Gasteiger partial charge in [-0.25, -0.2) is 0 Å². The Morgan fingerprint density at radius 3 is 2.53 bits per heavy atom. The van der Waals surface area contributed by atoms with Crippen molar-refractivity contribution in [2.75, 3.05) is 13.7 Å². The molecule has 1 unspecified atom stereocenters. The number of hydrogen-bond donors (Lipinski definition) is 1. The zero-order chi connectivity index (χ0) is 26.1. The molecule has 4 rings (SSSR count). The number of esters is 1. The number of ether oxygens (including phenoxy) is 2. The third kappa shape index (κ3) is 5.23. The van der Waals surface area contributed by atoms with Gasteiger partial charge in [0, 0.05) is 34.3 Å². The normalized spacial score (nSPS) is 21.8. The summed E-state index contributed by atoms with van der Waals surface area (Å²) >= 11 is 9.45. The summed E-state index contributed by atoms with van der Waals surface area (Å²) in [6.45, 7) is 6.02. The Kier molecular flexibility index (Phi) is 7.90. The largest absolute Gasteiger partial charge is 0.503 e. The van der Waals surface area contributed by atoms with E-state index in [1.165, 1.54) is 7.11 Å². The van der Waals surface area contributed by atoms with Gasteiger partial charge in [0.2, 0.25) is 0 Å². The number of phenolic OH excluding ortho intramolecular Hbond substituents is 1. The van der Waals surface area contributed by atoms with Gasteiger partial charge < -0.3 is 14.6 Å². The molecule has 36 heavy (non-hydrogen) atoms. The van der Waals surface area contributed by atoms with E-state index in [2.05, 4.69) is 15.9 Å². The van der Waals surface area contributed by atoms with E-state index in [9.17, 15) is 14.7 Å². The molecule has 2 aromatic rings. The van der Waals surface area contributed by atoms with Gasteiger partial charge in [0.05, 0.1) is 18.2 Å². The molecule has 1 N–H and O–H groups in total. The van der Waals surface area contributed by atoms with Gasteiger partial charge in [-0.1, -0.05) is 37.6 Å². The van der Waals surface area contributed by atoms with Crippen molar-refractivity contribution in [1.29, 1.82) is 0 Å². The summed E-state index contributed by atoms with van der Waals surface area (Å²) in [4.78, 5) is 31.9. The van der Waals surface area contributed by atoms with Crippen LogP contribution in [0.5, 0.6) is 11.5 Å². The maximum absolute atomic E-state index is 13.7. The van der Waals surface area contributed by atoms with Crippen LogP contribution in [0.25, 0.3) is 0 Å². The second-order valence-corrected chi connectivity index (χ2v) is 11.0. The van der Waals surface area contributed by atoms with Crippen molar-refractivity contribution in [2.45, 2.75) is 45.4 Å². The lowest BCUT2D eigenvalue weighted by Gasteiger charge is -2.36. The minimum Gasteiger partial charge on any atom is -0.503 e. The third-order valence-electron chi connectivity index (χ3n) is 6.67. The van der Waals surface area contributed by atoms with Crippen molar-refractivity contribution in [1.82, 2.24) is 0 Å². The van der Waals surface area contributed by atoms with E-state index in [-0.39, 0.29) is 35.7 Å². The van der Waals surface area contributed by atoms with Gasteiger partial charge in [0.1, 0.15) is 5.92 Å². The molecule has 0 fully saturated rings. The van der Waals surface area contributed by atoms with Gasteiger partial charge >= 0.3 is 5.97 Å². The molecule has 8 heteroatoms. The van der Waals surface area contributed by atoms with E-state index in [0.29, 0.717) is 44.9 Å². The zero-order valence-electron chi connectivity index (χ0n) is 20.7. The first kappa shape index (κ1) is 26.4. The number of ketones is 1. The average Bonchev–Trinajstić information content (AvgIpc) is 2.83. The molecule has 0 aromatic heterocycles. The van der Waals surface area contributed by atoms with E-state index in [1.807, 2.05) is 38.1 Å². The summed E-state index contributed by atoms with van der Waals surface area (Å²) in [6, 6.07) is 10.9. The fourth-order valence-corrected chi connectivity index (χ4v) is 5.55. The summed E-state index contributed by atoms with van der Waals surface area (Å²) in [5.74, 6) is -1.51. The third-order valence-corrected chi connectivity index (χ3v) is 7.53. The van der Waals surface area contributed by atoms with Crippen LogP contribution in [0, 0.1) is 11.8 Å². The van der Waals surface area contributed by atoms with Crippen LogP contribution >= 0.6 is 27.5 Å². The highest BCUT2D eigenvalue weighted by Gasteiger charge is 2.45. The highest BCUT2D eigenvalue weighted by atomic mass is 79.9. The number of aromatic hydroxyl groups is 1. The van der Waals surface area contributed by atoms with Gasteiger partial charge in [-0.3, -0.25) is 14.6 Å². The Morgan fingerprint density at radius 2 is 1.89 bits per heavy atom. The zero-order valence-corrected chi connectivity index (χ0v) is 23.0. The Morgan fingerprint density at radius 1 is 1.19 bits per heavy atom. The number of hydrogen-bond acceptors (Lipinski definition) is 6. The molecule has 0 radical (unpaired) electrons. The van der Waals surface area contributed by atoms with Crippen LogP contribution in [-0.4, -0.2) is 36.3 Å². The van der Waals surface area contributed by atoms with E-state index >= 15 is 0 Å². The molecule has 0 spiro atoms. The predicted molar refractivity (Wildman–Crippen MR) is 143 cm³/mol. The Balaban J connectivity index is 1.82. The summed E-state index contributed by atoms with van der Waals surface area (Å²) in [5.41, 5.74) is 3.50. The van der Waals surface area contributed by atoms with Crippen LogP contribution < -0.4 is 4.74 Å². The van der Waals surface area contributed by atoms with Crippen molar-refractivity contribution < 1.29 is 24.2 Å². The van der Waals surface area contributed by atoms with Gasteiger partial charge in [-0.2, -0.15) is 0 Å². The van der Waals surface area contributed by atoms with Crippen LogP contribution in [0.3, 0.4) is 0 Å². The molecule has 6 nitrogen and oxygen atoms in total. The lowest BCUT2D eigenvalue weighted by molar-refractivity contribution is -0.147. The summed E-state index contributed by atoms with van der Waals surface area (Å²) in [6.07, 6.45) is 0.871. The van der Waals surface area contributed by atoms with Crippen molar-refractivity contribution in [3.63, 3.8) is 0 Å². The molecule has 2 aromatic carbocycles. The smallest absolute Gasteiger partial charge is 0.315 e. The predicted octanol–water partition coefficient (Wildman–Crippen LogP) is 6.59. The van der Waals surface area contributed by atoms with Crippen molar-refractivity contribution in [2.24, 2.45) is 16.8 Å². The molecule has 3 atom stereocenters. The molecule has 1 heterocycles. The molecular weight excluding hydrogens is 546 g/mol. The molecule has 190 valence electrons. The first-order chi connectivity index (χ1) is 17.1. The molecule has 2 aliphatic rings. The standard InChI is InChI=1S/C28H29BrClNO5/c1-14(2)13-36-28(34)24-15(3)31-21-10-17(16-5-7-19(30)8-6-16)11-22(32)26(21)25(24)18-9-20(29)27(33)23(12-18)35-4/h5-9,12,14,17,24-25,33H,10-11,13H2,1-4H3/t17-,24?,25+/m1/s1. The average molecular weight is 575 g/mol. The molecule has 1 aliphatic carbocycles. The number of allylic oxidation sites excluding steroid dienone is 2. The number of halogens is 2. The fraction of sp³-hybridized carbons (Fsp3) is 0.393. The van der Waals surface area contributed by atoms with Crippen LogP contribution in [-0.2, 0) is 14.3 Å². The monoisotopic (exact) mass is 573 g/mol. The summed E-state index contributed by atoms with van der Waals surface area (Å²) in [5, 5.41) is 11.0. The van der Waals surface area contributed by atoms with Crippen LogP contribution in [0.15, 0.2) is 57.1 Å². The molecule has 0 amide bonds. The highest BCUT2D eigenvalue weighted by molar-refractivity contribution is 9.10. The molecule has 0 bridgehead atoms. The number of Topliss-reactive ketones (excluding diaryl/α,β-unsaturated/α-hetero) is 1. The topological polar surface area (TPSA) is 85.2 Å². The quantitative estimate of drug-likeness (QED) is 0.393. The lowest BCUT2D eigenvalue weighted by atomic mass is 9.69. The first-order valence-electron chi connectivity index (χ1n) is 11.9. The van der Waals surface area contributed by atoms with E-state index in [1.54, 1.807) is 19.1 Å². The first-order valence-corrected chi connectivity index (χ1v) is 13.1. The van der Waals surface area contributed by atoms with Gasteiger partial charge in [-0.15, -0.1) is 0 Å². The van der Waals surface area contributed by atoms with Gasteiger partial charge in [0.15, 0.2) is 17.3 Å². The van der Waals surface area contributed by atoms with E-state index in [4.69, 9.17) is 26.1 Å². The van der Waals surface area contributed by atoms with Crippen LogP contribution in [0.4, 0.5) is 0 Å². The molecule has 0 saturated carbocycles. The molecule has 0 saturated heterocycles. The van der Waals surface area contributed by atoms with Crippen molar-refractivity contribution in [3.8, 4) is 11.5 Å². The van der Waals surface area contributed by atoms with Crippen LogP contribution in [0.1, 0.15) is 56.6 Å². The number of carbonyl (C=O) groups is 2. The lowest BCUT2D eigenvalue weighted by Crippen LogP contribution is -2.38. The fourth-order valence-electron chi connectivity index (χ4n) is 4.96. The Labute approximate surface area is 224 Å². The minimum atomic E-state index is -0.764. The number of aliphatic imine (C=N–C) groups is 1. The number of carbonyl (C=O) groups excluding carboxylic acids is 2.